The van der Waals surface area contributed by atoms with Gasteiger partial charge in [-0.3, -0.25) is 14.4 Å². The predicted molar refractivity (Wildman–Crippen MR) is 70.1 cm³/mol. The number of hydrogen-bond acceptors (Lipinski definition) is 4. The van der Waals surface area contributed by atoms with Crippen molar-refractivity contribution >= 4 is 17.8 Å². The Hall–Kier alpha value is -2.64. The van der Waals surface area contributed by atoms with Crippen LogP contribution in [0, 0.1) is 5.82 Å². The van der Waals surface area contributed by atoms with Crippen LogP contribution in [0.15, 0.2) is 24.3 Å². The third kappa shape index (κ3) is 6.37. The number of hydrogen-bond donors (Lipinski definition) is 3. The smallest absolute Gasteiger partial charge is 0.322 e. The molecule has 1 unspecified atom stereocenters. The molecule has 114 valence electrons. The second-order valence-corrected chi connectivity index (χ2v) is 4.10. The first-order valence-corrected chi connectivity index (χ1v) is 6.07. The number of carboxylic acid groups (broad SMARTS) is 1. The van der Waals surface area contributed by atoms with E-state index < -0.39 is 36.2 Å². The molecule has 0 bridgehead atoms. The highest BCUT2D eigenvalue weighted by Gasteiger charge is 2.15. The summed E-state index contributed by atoms with van der Waals surface area (Å²) in [6.07, 6.45) is -0.886. The molecule has 0 aliphatic carbocycles. The van der Waals surface area contributed by atoms with Crippen LogP contribution in [0.5, 0.6) is 5.75 Å². The number of aliphatic carboxylic acids is 1. The summed E-state index contributed by atoms with van der Waals surface area (Å²) in [6.45, 7) is 0.591. The van der Waals surface area contributed by atoms with Gasteiger partial charge in [-0.15, -0.1) is 0 Å². The lowest BCUT2D eigenvalue weighted by Gasteiger charge is -2.14. The summed E-state index contributed by atoms with van der Waals surface area (Å²) in [5.74, 6) is -2.46. The lowest BCUT2D eigenvalue weighted by Crippen LogP contribution is -2.43. The molecule has 0 saturated carbocycles. The van der Waals surface area contributed by atoms with Crippen LogP contribution in [-0.4, -0.2) is 42.1 Å². The first-order chi connectivity index (χ1) is 9.88. The number of nitrogens with one attached hydrogen (secondary N) is 2. The van der Waals surface area contributed by atoms with E-state index in [0.717, 1.165) is 0 Å². The van der Waals surface area contributed by atoms with Crippen molar-refractivity contribution in [3.8, 4) is 5.75 Å². The molecule has 0 fully saturated rings. The summed E-state index contributed by atoms with van der Waals surface area (Å²) in [5, 5.41) is 12.8. The number of rotatable bonds is 7. The lowest BCUT2D eigenvalue weighted by atomic mass is 10.3. The van der Waals surface area contributed by atoms with Gasteiger partial charge in [0.1, 0.15) is 18.1 Å². The lowest BCUT2D eigenvalue weighted by molar-refractivity contribution is -0.137. The molecule has 0 spiro atoms. The van der Waals surface area contributed by atoms with E-state index >= 15 is 0 Å². The molecule has 0 saturated heterocycles. The number of carbonyl (C=O) groups excluding carboxylic acids is 2. The zero-order valence-electron chi connectivity index (χ0n) is 11.3. The predicted octanol–water partition coefficient (Wildman–Crippen LogP) is -0.0900. The van der Waals surface area contributed by atoms with E-state index in [4.69, 9.17) is 9.84 Å². The number of ether oxygens (including phenoxy) is 1. The van der Waals surface area contributed by atoms with Crippen LogP contribution >= 0.6 is 0 Å². The Morgan fingerprint density at radius 3 is 2.38 bits per heavy atom. The van der Waals surface area contributed by atoms with Gasteiger partial charge in [0.05, 0.1) is 6.54 Å². The van der Waals surface area contributed by atoms with Crippen LogP contribution in [0.25, 0.3) is 0 Å². The third-order valence-corrected chi connectivity index (χ3v) is 2.36. The van der Waals surface area contributed by atoms with Crippen LogP contribution in [0.3, 0.4) is 0 Å². The van der Waals surface area contributed by atoms with Gasteiger partial charge in [0, 0.05) is 0 Å². The van der Waals surface area contributed by atoms with Crippen molar-refractivity contribution in [3.05, 3.63) is 30.1 Å². The van der Waals surface area contributed by atoms with Gasteiger partial charge in [0.25, 0.3) is 5.91 Å². The van der Waals surface area contributed by atoms with Gasteiger partial charge >= 0.3 is 5.97 Å². The molecule has 0 aromatic heterocycles. The molecular formula is C13H15FN2O5. The molecule has 8 heteroatoms. The minimum atomic E-state index is -1.18. The second-order valence-electron chi connectivity index (χ2n) is 4.10. The Morgan fingerprint density at radius 2 is 1.81 bits per heavy atom. The van der Waals surface area contributed by atoms with Crippen molar-refractivity contribution in [3.63, 3.8) is 0 Å². The van der Waals surface area contributed by atoms with Crippen molar-refractivity contribution in [1.29, 1.82) is 0 Å². The Labute approximate surface area is 120 Å². The van der Waals surface area contributed by atoms with Gasteiger partial charge in [-0.2, -0.15) is 0 Å². The molecule has 3 N–H and O–H groups in total. The van der Waals surface area contributed by atoms with Crippen molar-refractivity contribution in [2.45, 2.75) is 13.0 Å². The maximum atomic E-state index is 12.7. The van der Waals surface area contributed by atoms with Crippen LogP contribution in [0.2, 0.25) is 0 Å². The Bertz CT molecular complexity index is 518. The fraction of sp³-hybridized carbons (Fsp3) is 0.308. The van der Waals surface area contributed by atoms with Gasteiger partial charge in [0.2, 0.25) is 5.91 Å². The minimum absolute atomic E-state index is 0.314. The van der Waals surface area contributed by atoms with Gasteiger partial charge in [-0.05, 0) is 31.2 Å². The molecule has 0 aliphatic rings. The quantitative estimate of drug-likeness (QED) is 0.652. The monoisotopic (exact) mass is 298 g/mol. The van der Waals surface area contributed by atoms with Gasteiger partial charge in [0.15, 0.2) is 6.10 Å². The Morgan fingerprint density at radius 1 is 1.19 bits per heavy atom. The fourth-order valence-corrected chi connectivity index (χ4v) is 1.32. The number of carbonyl (C=O) groups is 3. The molecule has 0 heterocycles. The zero-order chi connectivity index (χ0) is 15.8. The van der Waals surface area contributed by atoms with Crippen molar-refractivity contribution in [2.24, 2.45) is 0 Å². The maximum Gasteiger partial charge on any atom is 0.322 e. The van der Waals surface area contributed by atoms with Crippen LogP contribution in [0.1, 0.15) is 6.92 Å². The number of amides is 2. The average molecular weight is 298 g/mol. The van der Waals surface area contributed by atoms with Crippen LogP contribution < -0.4 is 15.4 Å². The number of halogens is 1. The molecular weight excluding hydrogens is 283 g/mol. The van der Waals surface area contributed by atoms with Crippen molar-refractivity contribution in [2.75, 3.05) is 13.1 Å². The van der Waals surface area contributed by atoms with E-state index in [0.29, 0.717) is 5.75 Å². The van der Waals surface area contributed by atoms with Gasteiger partial charge < -0.3 is 20.5 Å². The molecule has 2 amide bonds. The average Bonchev–Trinajstić information content (AvgIpc) is 2.44. The SMILES string of the molecule is CC(Oc1ccc(F)cc1)C(=O)NCC(=O)NCC(=O)O. The van der Waals surface area contributed by atoms with Crippen molar-refractivity contribution in [1.82, 2.24) is 10.6 Å². The summed E-state index contributed by atoms with van der Waals surface area (Å²) in [6, 6.07) is 5.13. The highest BCUT2D eigenvalue weighted by Crippen LogP contribution is 2.12. The maximum absolute atomic E-state index is 12.7. The van der Waals surface area contributed by atoms with Crippen molar-refractivity contribution < 1.29 is 28.6 Å². The third-order valence-electron chi connectivity index (χ3n) is 2.36. The second kappa shape index (κ2) is 7.83. The van der Waals surface area contributed by atoms with E-state index in [9.17, 15) is 18.8 Å². The van der Waals surface area contributed by atoms with E-state index in [2.05, 4.69) is 10.6 Å². The minimum Gasteiger partial charge on any atom is -0.481 e. The first kappa shape index (κ1) is 16.4. The summed E-state index contributed by atoms with van der Waals surface area (Å²) < 4.78 is 18.0. The molecule has 1 aromatic carbocycles. The highest BCUT2D eigenvalue weighted by atomic mass is 19.1. The van der Waals surface area contributed by atoms with Gasteiger partial charge in [-0.25, -0.2) is 4.39 Å². The topological polar surface area (TPSA) is 105 Å². The molecule has 0 radical (unpaired) electrons. The van der Waals surface area contributed by atoms with E-state index in [1.165, 1.54) is 31.2 Å². The Balaban J connectivity index is 2.35. The van der Waals surface area contributed by atoms with Gasteiger partial charge in [-0.1, -0.05) is 0 Å². The largest absolute Gasteiger partial charge is 0.481 e. The number of benzene rings is 1. The fourth-order valence-electron chi connectivity index (χ4n) is 1.32. The first-order valence-electron chi connectivity index (χ1n) is 6.07. The summed E-state index contributed by atoms with van der Waals surface area (Å²) >= 11 is 0. The summed E-state index contributed by atoms with van der Waals surface area (Å²) in [4.78, 5) is 33.1. The van der Waals surface area contributed by atoms with E-state index in [1.54, 1.807) is 0 Å². The van der Waals surface area contributed by atoms with E-state index in [-0.39, 0.29) is 6.54 Å². The molecule has 0 aliphatic heterocycles. The number of carboxylic acids is 1. The molecule has 1 rings (SSSR count). The normalized spacial score (nSPS) is 11.3. The van der Waals surface area contributed by atoms with E-state index in [1.807, 2.05) is 0 Å². The molecule has 1 atom stereocenters. The molecule has 7 nitrogen and oxygen atoms in total. The zero-order valence-corrected chi connectivity index (χ0v) is 11.3. The summed E-state index contributed by atoms with van der Waals surface area (Å²) in [5.41, 5.74) is 0. The molecule has 21 heavy (non-hydrogen) atoms. The highest BCUT2D eigenvalue weighted by molar-refractivity contribution is 5.88. The van der Waals surface area contributed by atoms with Crippen LogP contribution in [0.4, 0.5) is 4.39 Å². The Kier molecular flexibility index (Phi) is 6.12. The standard InChI is InChI=1S/C13H15FN2O5/c1-8(21-10-4-2-9(14)3-5-10)13(20)16-6-11(17)15-7-12(18)19/h2-5,8H,6-7H2,1H3,(H,15,17)(H,16,20)(H,18,19). The van der Waals surface area contributed by atoms with Crippen LogP contribution in [-0.2, 0) is 14.4 Å². The molecule has 1 aromatic rings. The summed E-state index contributed by atoms with van der Waals surface area (Å²) in [7, 11) is 0.